The third kappa shape index (κ3) is 7.10. The van der Waals surface area contributed by atoms with Crippen LogP contribution in [-0.4, -0.2) is 42.3 Å². The van der Waals surface area contributed by atoms with Gasteiger partial charge in [0.15, 0.2) is 0 Å². The van der Waals surface area contributed by atoms with E-state index in [9.17, 15) is 14.4 Å². The fraction of sp³-hybridized carbons (Fsp3) is 0.375. The summed E-state index contributed by atoms with van der Waals surface area (Å²) < 4.78 is 0. The minimum absolute atomic E-state index is 0.0496. The molecule has 1 aliphatic rings. The van der Waals surface area contributed by atoms with Crippen molar-refractivity contribution in [1.29, 1.82) is 0 Å². The monoisotopic (exact) mass is 441 g/mol. The highest BCUT2D eigenvalue weighted by Crippen LogP contribution is 2.18. The van der Waals surface area contributed by atoms with E-state index in [2.05, 4.69) is 10.6 Å². The zero-order chi connectivity index (χ0) is 22.1. The van der Waals surface area contributed by atoms with Crippen LogP contribution in [0.1, 0.15) is 41.6 Å². The Morgan fingerprint density at radius 3 is 2.29 bits per heavy atom. The number of rotatable bonds is 8. The zero-order valence-corrected chi connectivity index (χ0v) is 18.2. The van der Waals surface area contributed by atoms with Crippen LogP contribution in [0.2, 0.25) is 5.02 Å². The number of benzene rings is 2. The van der Waals surface area contributed by atoms with Gasteiger partial charge in [0.05, 0.1) is 0 Å². The van der Waals surface area contributed by atoms with Gasteiger partial charge in [-0.1, -0.05) is 41.9 Å². The van der Waals surface area contributed by atoms with Crippen molar-refractivity contribution in [2.75, 3.05) is 19.6 Å². The van der Waals surface area contributed by atoms with Gasteiger partial charge in [-0.05, 0) is 49.1 Å². The van der Waals surface area contributed by atoms with Crippen molar-refractivity contribution in [1.82, 2.24) is 15.5 Å². The lowest BCUT2D eigenvalue weighted by Gasteiger charge is -2.31. The minimum atomic E-state index is -0.175. The van der Waals surface area contributed by atoms with Gasteiger partial charge in [0, 0.05) is 49.1 Å². The van der Waals surface area contributed by atoms with Gasteiger partial charge >= 0.3 is 0 Å². The molecule has 2 N–H and O–H groups in total. The van der Waals surface area contributed by atoms with Crippen molar-refractivity contribution < 1.29 is 14.4 Å². The molecule has 6 nitrogen and oxygen atoms in total. The molecule has 0 aliphatic carbocycles. The van der Waals surface area contributed by atoms with Gasteiger partial charge in [0.1, 0.15) is 0 Å². The summed E-state index contributed by atoms with van der Waals surface area (Å²) in [6.45, 7) is 2.16. The average Bonchev–Trinajstić information content (AvgIpc) is 2.81. The van der Waals surface area contributed by atoms with Crippen molar-refractivity contribution in [2.24, 2.45) is 5.92 Å². The molecule has 1 fully saturated rings. The number of carbonyl (C=O) groups is 3. The van der Waals surface area contributed by atoms with Crippen LogP contribution in [0.4, 0.5) is 0 Å². The molecule has 3 amide bonds. The van der Waals surface area contributed by atoms with E-state index in [-0.39, 0.29) is 23.6 Å². The quantitative estimate of drug-likeness (QED) is 0.616. The normalized spacial score (nSPS) is 14.2. The smallest absolute Gasteiger partial charge is 0.251 e. The van der Waals surface area contributed by atoms with Gasteiger partial charge < -0.3 is 15.5 Å². The number of amides is 3. The first kappa shape index (κ1) is 22.8. The first-order valence-electron chi connectivity index (χ1n) is 10.7. The van der Waals surface area contributed by atoms with Crippen molar-refractivity contribution in [3.05, 3.63) is 70.7 Å². The summed E-state index contributed by atoms with van der Waals surface area (Å²) in [5.41, 5.74) is 1.62. The Labute approximate surface area is 188 Å². The van der Waals surface area contributed by atoms with Crippen LogP contribution in [0.3, 0.4) is 0 Å². The van der Waals surface area contributed by atoms with Crippen LogP contribution in [0.15, 0.2) is 54.6 Å². The van der Waals surface area contributed by atoms with Crippen LogP contribution in [0, 0.1) is 5.92 Å². The number of likely N-dealkylation sites (tertiary alicyclic amines) is 1. The molecule has 1 aliphatic heterocycles. The fourth-order valence-corrected chi connectivity index (χ4v) is 3.75. The molecular weight excluding hydrogens is 414 g/mol. The Kier molecular flexibility index (Phi) is 8.47. The van der Waals surface area contributed by atoms with Crippen molar-refractivity contribution >= 4 is 29.3 Å². The standard InChI is InChI=1S/C24H28ClN3O3/c25-21-10-8-19(9-11-21)23(30)26-14-4-7-22(29)28-15-12-20(13-16-28)24(31)27-17-18-5-2-1-3-6-18/h1-3,5-6,8-11,20H,4,7,12-17H2,(H,26,30)(H,27,31). The number of hydrogen-bond acceptors (Lipinski definition) is 3. The van der Waals surface area contributed by atoms with Crippen molar-refractivity contribution in [3.8, 4) is 0 Å². The Balaban J connectivity index is 1.31. The van der Waals surface area contributed by atoms with Crippen LogP contribution >= 0.6 is 11.6 Å². The summed E-state index contributed by atoms with van der Waals surface area (Å²) in [5.74, 6) is -0.0948. The molecule has 164 valence electrons. The maximum Gasteiger partial charge on any atom is 0.251 e. The van der Waals surface area contributed by atoms with Crippen LogP contribution in [0.25, 0.3) is 0 Å². The van der Waals surface area contributed by atoms with Gasteiger partial charge in [-0.2, -0.15) is 0 Å². The molecular formula is C24H28ClN3O3. The molecule has 0 unspecified atom stereocenters. The molecule has 0 spiro atoms. The molecule has 0 atom stereocenters. The van der Waals surface area contributed by atoms with E-state index in [1.165, 1.54) is 0 Å². The molecule has 31 heavy (non-hydrogen) atoms. The van der Waals surface area contributed by atoms with Gasteiger partial charge in [-0.15, -0.1) is 0 Å². The molecule has 0 saturated carbocycles. The minimum Gasteiger partial charge on any atom is -0.352 e. The highest BCUT2D eigenvalue weighted by Gasteiger charge is 2.26. The van der Waals surface area contributed by atoms with Gasteiger partial charge in [-0.25, -0.2) is 0 Å². The van der Waals surface area contributed by atoms with E-state index >= 15 is 0 Å². The van der Waals surface area contributed by atoms with Crippen molar-refractivity contribution in [3.63, 3.8) is 0 Å². The average molecular weight is 442 g/mol. The number of nitrogens with zero attached hydrogens (tertiary/aromatic N) is 1. The maximum atomic E-state index is 12.4. The van der Waals surface area contributed by atoms with Crippen molar-refractivity contribution in [2.45, 2.75) is 32.2 Å². The summed E-state index contributed by atoms with van der Waals surface area (Å²) in [6.07, 6.45) is 2.32. The lowest BCUT2D eigenvalue weighted by Crippen LogP contribution is -2.43. The molecule has 0 aromatic heterocycles. The van der Waals surface area contributed by atoms with E-state index in [0.717, 1.165) is 5.56 Å². The van der Waals surface area contributed by atoms with Gasteiger partial charge in [0.2, 0.25) is 11.8 Å². The molecule has 0 radical (unpaired) electrons. The van der Waals surface area contributed by atoms with E-state index in [0.29, 0.717) is 62.4 Å². The third-order valence-corrected chi connectivity index (χ3v) is 5.74. The largest absolute Gasteiger partial charge is 0.352 e. The molecule has 3 rings (SSSR count). The number of carbonyl (C=O) groups excluding carboxylic acids is 3. The molecule has 7 heteroatoms. The lowest BCUT2D eigenvalue weighted by molar-refractivity contribution is -0.135. The third-order valence-electron chi connectivity index (χ3n) is 5.49. The summed E-state index contributed by atoms with van der Waals surface area (Å²) in [5, 5.41) is 6.40. The van der Waals surface area contributed by atoms with E-state index < -0.39 is 0 Å². The Hall–Kier alpha value is -2.86. The Morgan fingerprint density at radius 2 is 1.61 bits per heavy atom. The lowest BCUT2D eigenvalue weighted by atomic mass is 9.95. The van der Waals surface area contributed by atoms with Crippen LogP contribution < -0.4 is 10.6 Å². The summed E-state index contributed by atoms with van der Waals surface area (Å²) in [4.78, 5) is 38.7. The van der Waals surface area contributed by atoms with Crippen LogP contribution in [-0.2, 0) is 16.1 Å². The first-order chi connectivity index (χ1) is 15.0. The topological polar surface area (TPSA) is 78.5 Å². The second-order valence-corrected chi connectivity index (χ2v) is 8.16. The summed E-state index contributed by atoms with van der Waals surface area (Å²) >= 11 is 5.82. The number of hydrogen-bond donors (Lipinski definition) is 2. The highest BCUT2D eigenvalue weighted by molar-refractivity contribution is 6.30. The van der Waals surface area contributed by atoms with Gasteiger partial charge in [-0.3, -0.25) is 14.4 Å². The molecule has 2 aromatic rings. The second kappa shape index (κ2) is 11.5. The molecule has 1 saturated heterocycles. The van der Waals surface area contributed by atoms with Crippen LogP contribution in [0.5, 0.6) is 0 Å². The van der Waals surface area contributed by atoms with Gasteiger partial charge in [0.25, 0.3) is 5.91 Å². The number of halogens is 1. The zero-order valence-electron chi connectivity index (χ0n) is 17.5. The molecule has 0 bridgehead atoms. The fourth-order valence-electron chi connectivity index (χ4n) is 3.62. The molecule has 2 aromatic carbocycles. The Bertz CT molecular complexity index is 879. The number of piperidine rings is 1. The Morgan fingerprint density at radius 1 is 0.935 bits per heavy atom. The second-order valence-electron chi connectivity index (χ2n) is 7.72. The first-order valence-corrected chi connectivity index (χ1v) is 11.0. The predicted octanol–water partition coefficient (Wildman–Crippen LogP) is 3.41. The van der Waals surface area contributed by atoms with E-state index in [4.69, 9.17) is 11.6 Å². The maximum absolute atomic E-state index is 12.4. The van der Waals surface area contributed by atoms with E-state index in [1.807, 2.05) is 35.2 Å². The van der Waals surface area contributed by atoms with E-state index in [1.54, 1.807) is 24.3 Å². The summed E-state index contributed by atoms with van der Waals surface area (Å²) in [7, 11) is 0. The SMILES string of the molecule is O=C(NCCCC(=O)N1CCC(C(=O)NCc2ccccc2)CC1)c1ccc(Cl)cc1. The predicted molar refractivity (Wildman–Crippen MR) is 121 cm³/mol. The summed E-state index contributed by atoms with van der Waals surface area (Å²) in [6, 6.07) is 16.5. The highest BCUT2D eigenvalue weighted by atomic mass is 35.5. The molecule has 1 heterocycles. The number of nitrogens with one attached hydrogen (secondary N) is 2.